The normalized spacial score (nSPS) is 12.0. The number of hydrogen-bond acceptors (Lipinski definition) is 4. The van der Waals surface area contributed by atoms with Gasteiger partial charge in [-0.05, 0) is 40.6 Å². The summed E-state index contributed by atoms with van der Waals surface area (Å²) in [6.45, 7) is 18.2. The molecule has 4 heterocycles. The van der Waals surface area contributed by atoms with Gasteiger partial charge in [-0.15, -0.1) is 0 Å². The average molecular weight is 574 g/mol. The summed E-state index contributed by atoms with van der Waals surface area (Å²) in [5.41, 5.74) is 6.59. The number of nitrogens with one attached hydrogen (secondary N) is 1. The largest absolute Gasteiger partial charge is 0.358 e. The number of hydrogen-bond donors (Lipinski definition) is 1. The maximum absolute atomic E-state index is 11.3. The molecule has 0 saturated heterocycles. The lowest BCUT2D eigenvalue weighted by atomic mass is 10.1. The molecule has 0 spiro atoms. The van der Waals surface area contributed by atoms with E-state index in [2.05, 4.69) is 73.8 Å². The molecule has 0 unspecified atom stereocenters. The first kappa shape index (κ1) is 30.1. The van der Waals surface area contributed by atoms with E-state index >= 15 is 0 Å². The van der Waals surface area contributed by atoms with Crippen molar-refractivity contribution in [2.24, 2.45) is 0 Å². The molecule has 38 heavy (non-hydrogen) atoms. The van der Waals surface area contributed by atoms with E-state index in [0.29, 0.717) is 37.8 Å². The molecule has 4 aromatic heterocycles. The summed E-state index contributed by atoms with van der Waals surface area (Å²) in [5.74, 6) is 0. The first-order chi connectivity index (χ1) is 18.0. The smallest absolute Gasteiger partial charge is 0.171 e. The Bertz CT molecular complexity index is 1430. The number of H-pyrrole nitrogens is 1. The van der Waals surface area contributed by atoms with E-state index in [1.807, 2.05) is 13.1 Å². The van der Waals surface area contributed by atoms with Gasteiger partial charge in [0.25, 0.3) is 0 Å². The molecule has 0 aliphatic carbocycles. The van der Waals surface area contributed by atoms with Gasteiger partial charge in [0.15, 0.2) is 20.8 Å². The highest BCUT2D eigenvalue weighted by molar-refractivity contribution is 6.82. The van der Waals surface area contributed by atoms with E-state index in [-0.39, 0.29) is 0 Å². The number of rotatable bonds is 8. The minimum absolute atomic E-state index is 0.438. The third-order valence-electron chi connectivity index (χ3n) is 7.81. The molecular formula is C29H38Cl2N4O2Si. The molecule has 0 fully saturated rings. The Morgan fingerprint density at radius 3 is 1.82 bits per heavy atom. The van der Waals surface area contributed by atoms with Crippen LogP contribution in [0.2, 0.25) is 26.7 Å². The lowest BCUT2D eigenvalue weighted by molar-refractivity contribution is 0.111. The van der Waals surface area contributed by atoms with Crippen molar-refractivity contribution in [2.45, 2.75) is 84.9 Å². The summed E-state index contributed by atoms with van der Waals surface area (Å²) in [4.78, 5) is 33.7. The van der Waals surface area contributed by atoms with Crippen molar-refractivity contribution in [3.63, 3.8) is 0 Å². The van der Waals surface area contributed by atoms with Crippen molar-refractivity contribution in [1.29, 1.82) is 0 Å². The molecule has 0 bridgehead atoms. The molecule has 0 amide bonds. The molecule has 4 rings (SSSR count). The number of nitrogens with zero attached hydrogens (tertiary/aromatic N) is 3. The predicted molar refractivity (Wildman–Crippen MR) is 162 cm³/mol. The summed E-state index contributed by atoms with van der Waals surface area (Å²) in [6.07, 6.45) is 10.5. The Morgan fingerprint density at radius 1 is 0.842 bits per heavy atom. The number of aldehydes is 2. The highest BCUT2D eigenvalue weighted by Crippen LogP contribution is 2.45. The number of pyridine rings is 2. The SMILES string of the molecule is CCc1c[nH]c2ncc(C=O)c(Cl)c12.CCc1cn([Si](C(C)C)(C(C)C)C(C)C)c2ncc(C=O)c(Cl)c12. The van der Waals surface area contributed by atoms with Gasteiger partial charge in [-0.1, -0.05) is 78.6 Å². The summed E-state index contributed by atoms with van der Waals surface area (Å²) in [5, 5.41) is 2.86. The van der Waals surface area contributed by atoms with Crippen LogP contribution < -0.4 is 0 Å². The van der Waals surface area contributed by atoms with Crippen molar-refractivity contribution in [2.75, 3.05) is 0 Å². The van der Waals surface area contributed by atoms with E-state index in [1.165, 1.54) is 11.8 Å². The third-order valence-corrected chi connectivity index (χ3v) is 15.4. The van der Waals surface area contributed by atoms with Crippen LogP contribution in [0, 0.1) is 0 Å². The summed E-state index contributed by atoms with van der Waals surface area (Å²) in [7, 11) is -1.91. The minimum atomic E-state index is -1.91. The Morgan fingerprint density at radius 2 is 1.34 bits per heavy atom. The maximum atomic E-state index is 11.3. The van der Waals surface area contributed by atoms with Crippen LogP contribution in [0.5, 0.6) is 0 Å². The van der Waals surface area contributed by atoms with E-state index in [4.69, 9.17) is 23.2 Å². The fraction of sp³-hybridized carbons (Fsp3) is 0.448. The second kappa shape index (κ2) is 12.1. The van der Waals surface area contributed by atoms with E-state index in [0.717, 1.165) is 53.0 Å². The summed E-state index contributed by atoms with van der Waals surface area (Å²) >= 11 is 12.6. The predicted octanol–water partition coefficient (Wildman–Crippen LogP) is 8.68. The number of aromatic amines is 1. The molecule has 4 aromatic rings. The first-order valence-electron chi connectivity index (χ1n) is 13.2. The average Bonchev–Trinajstić information content (AvgIpc) is 3.47. The standard InChI is InChI=1S/C19H29ClN2OSi.C10H9ClN2O/c1-8-15-10-22(24(12(2)3,13(4)5)14(6)7)19-17(15)18(20)16(11-23)9-21-19;1-2-6-3-12-10-8(6)9(11)7(5-14)4-13-10/h9-14H,8H2,1-7H3;3-5H,2H2,1H3,(H,12,13). The highest BCUT2D eigenvalue weighted by Gasteiger charge is 2.46. The molecule has 0 aliphatic heterocycles. The lowest BCUT2D eigenvalue weighted by Crippen LogP contribution is -2.51. The van der Waals surface area contributed by atoms with Gasteiger partial charge in [0, 0.05) is 35.6 Å². The molecular weight excluding hydrogens is 535 g/mol. The maximum Gasteiger partial charge on any atom is 0.171 e. The number of carbonyl (C=O) groups is 2. The fourth-order valence-corrected chi connectivity index (χ4v) is 13.4. The van der Waals surface area contributed by atoms with Crippen LogP contribution in [-0.2, 0) is 12.8 Å². The lowest BCUT2D eigenvalue weighted by Gasteiger charge is -2.44. The van der Waals surface area contributed by atoms with Gasteiger partial charge >= 0.3 is 0 Å². The van der Waals surface area contributed by atoms with Gasteiger partial charge < -0.3 is 9.22 Å². The van der Waals surface area contributed by atoms with Crippen LogP contribution >= 0.6 is 23.2 Å². The molecule has 0 aliphatic rings. The molecule has 0 radical (unpaired) electrons. The molecule has 204 valence electrons. The number of carbonyl (C=O) groups excluding carboxylic acids is 2. The molecule has 0 atom stereocenters. The van der Waals surface area contributed by atoms with E-state index in [9.17, 15) is 9.59 Å². The fourth-order valence-electron chi connectivity index (χ4n) is 6.22. The zero-order chi connectivity index (χ0) is 28.4. The number of fused-ring (bicyclic) bond motifs is 2. The van der Waals surface area contributed by atoms with Crippen LogP contribution in [0.4, 0.5) is 0 Å². The van der Waals surface area contributed by atoms with Gasteiger partial charge in [0.1, 0.15) is 11.3 Å². The second-order valence-electron chi connectivity index (χ2n) is 10.6. The number of halogens is 2. The molecule has 6 nitrogen and oxygen atoms in total. The van der Waals surface area contributed by atoms with Crippen molar-refractivity contribution in [3.8, 4) is 0 Å². The van der Waals surface area contributed by atoms with Crippen LogP contribution in [0.3, 0.4) is 0 Å². The Labute approximate surface area is 236 Å². The Balaban J connectivity index is 0.000000241. The van der Waals surface area contributed by atoms with Crippen molar-refractivity contribution in [3.05, 3.63) is 57.1 Å². The van der Waals surface area contributed by atoms with E-state index < -0.39 is 8.24 Å². The minimum Gasteiger partial charge on any atom is -0.358 e. The molecule has 0 aromatic carbocycles. The monoisotopic (exact) mass is 572 g/mol. The van der Waals surface area contributed by atoms with E-state index in [1.54, 1.807) is 6.20 Å². The number of aryl methyl sites for hydroxylation is 2. The molecule has 0 saturated carbocycles. The Hall–Kier alpha value is -2.48. The van der Waals surface area contributed by atoms with Gasteiger partial charge in [-0.2, -0.15) is 0 Å². The van der Waals surface area contributed by atoms with Gasteiger partial charge in [-0.3, -0.25) is 9.59 Å². The highest BCUT2D eigenvalue weighted by atomic mass is 35.5. The zero-order valence-corrected chi connectivity index (χ0v) is 26.0. The third kappa shape index (κ3) is 4.96. The van der Waals surface area contributed by atoms with Crippen molar-refractivity contribution >= 4 is 66.1 Å². The van der Waals surface area contributed by atoms with Crippen molar-refractivity contribution in [1.82, 2.24) is 19.2 Å². The first-order valence-corrected chi connectivity index (χ1v) is 16.2. The quantitative estimate of drug-likeness (QED) is 0.169. The van der Waals surface area contributed by atoms with Crippen LogP contribution in [0.1, 0.15) is 87.2 Å². The second-order valence-corrected chi connectivity index (χ2v) is 17.1. The van der Waals surface area contributed by atoms with Crippen LogP contribution in [0.15, 0.2) is 24.8 Å². The number of aromatic nitrogens is 4. The van der Waals surface area contributed by atoms with Gasteiger partial charge in [0.2, 0.25) is 0 Å². The Kier molecular flexibility index (Phi) is 9.60. The van der Waals surface area contributed by atoms with Crippen LogP contribution in [-0.4, -0.2) is 40.0 Å². The molecule has 1 N–H and O–H groups in total. The van der Waals surface area contributed by atoms with Crippen LogP contribution in [0.25, 0.3) is 22.1 Å². The van der Waals surface area contributed by atoms with Crippen molar-refractivity contribution < 1.29 is 9.59 Å². The zero-order valence-electron chi connectivity index (χ0n) is 23.5. The summed E-state index contributed by atoms with van der Waals surface area (Å²) < 4.78 is 2.47. The van der Waals surface area contributed by atoms with Gasteiger partial charge in [0.05, 0.1) is 21.2 Å². The topological polar surface area (TPSA) is 80.6 Å². The molecule has 9 heteroatoms. The summed E-state index contributed by atoms with van der Waals surface area (Å²) in [6, 6.07) is 0. The van der Waals surface area contributed by atoms with Gasteiger partial charge in [-0.25, -0.2) is 9.97 Å².